The predicted octanol–water partition coefficient (Wildman–Crippen LogP) is 1.86. The lowest BCUT2D eigenvalue weighted by molar-refractivity contribution is -0.124. The molecule has 0 amide bonds. The average Bonchev–Trinajstić information content (AvgIpc) is 2.04. The molecule has 0 aliphatic heterocycles. The topological polar surface area (TPSA) is 20.3 Å². The maximum Gasteiger partial charge on any atom is 0.174 e. The molecule has 2 nitrogen and oxygen atoms in total. The first-order valence-electron chi connectivity index (χ1n) is 4.42. The van der Waals surface area contributed by atoms with E-state index in [1.54, 1.807) is 0 Å². The lowest BCUT2D eigenvalue weighted by atomic mass is 9.96. The lowest BCUT2D eigenvalue weighted by Crippen LogP contribution is -2.49. The third-order valence-corrected chi connectivity index (χ3v) is 2.34. The fraction of sp³-hybridized carbons (Fsp3) is 0.700. The molecule has 0 aliphatic rings. The molecule has 0 saturated heterocycles. The van der Waals surface area contributed by atoms with E-state index in [4.69, 9.17) is 0 Å². The first-order chi connectivity index (χ1) is 5.50. The molecule has 0 fully saturated rings. The van der Waals surface area contributed by atoms with E-state index in [2.05, 4.69) is 25.3 Å². The van der Waals surface area contributed by atoms with Gasteiger partial charge in [0.2, 0.25) is 0 Å². The zero-order valence-electron chi connectivity index (χ0n) is 8.55. The Bertz CT molecular complexity index is 169. The second-order valence-electron chi connectivity index (χ2n) is 3.30. The lowest BCUT2D eigenvalue weighted by Gasteiger charge is -2.34. The SMILES string of the molecule is C=CC(=O)C(C)(C)N(CC)CC. The minimum Gasteiger partial charge on any atom is -0.293 e. The van der Waals surface area contributed by atoms with Gasteiger partial charge in [-0.05, 0) is 33.0 Å². The number of likely N-dealkylation sites (N-methyl/N-ethyl adjacent to an activating group) is 1. The van der Waals surface area contributed by atoms with E-state index in [-0.39, 0.29) is 5.78 Å². The molecule has 0 saturated carbocycles. The van der Waals surface area contributed by atoms with Gasteiger partial charge in [0, 0.05) is 0 Å². The van der Waals surface area contributed by atoms with Crippen LogP contribution in [0.4, 0.5) is 0 Å². The normalized spacial score (nSPS) is 11.8. The summed E-state index contributed by atoms with van der Waals surface area (Å²) in [6.07, 6.45) is 1.40. The van der Waals surface area contributed by atoms with E-state index >= 15 is 0 Å². The molecule has 0 unspecified atom stereocenters. The summed E-state index contributed by atoms with van der Waals surface area (Å²) in [5, 5.41) is 0. The molecule has 12 heavy (non-hydrogen) atoms. The number of nitrogens with zero attached hydrogens (tertiary/aromatic N) is 1. The van der Waals surface area contributed by atoms with Crippen molar-refractivity contribution in [1.82, 2.24) is 4.90 Å². The van der Waals surface area contributed by atoms with Gasteiger partial charge in [0.1, 0.15) is 0 Å². The monoisotopic (exact) mass is 169 g/mol. The summed E-state index contributed by atoms with van der Waals surface area (Å²) in [6, 6.07) is 0. The first kappa shape index (κ1) is 11.4. The third kappa shape index (κ3) is 2.18. The second kappa shape index (κ2) is 4.41. The van der Waals surface area contributed by atoms with E-state index in [0.717, 1.165) is 13.1 Å². The summed E-state index contributed by atoms with van der Waals surface area (Å²) < 4.78 is 0. The van der Waals surface area contributed by atoms with Crippen molar-refractivity contribution in [2.45, 2.75) is 33.2 Å². The Labute approximate surface area is 75.3 Å². The van der Waals surface area contributed by atoms with Crippen molar-refractivity contribution in [2.75, 3.05) is 13.1 Å². The van der Waals surface area contributed by atoms with E-state index in [1.165, 1.54) is 6.08 Å². The van der Waals surface area contributed by atoms with Crippen LogP contribution in [-0.4, -0.2) is 29.3 Å². The van der Waals surface area contributed by atoms with Gasteiger partial charge in [-0.2, -0.15) is 0 Å². The predicted molar refractivity (Wildman–Crippen MR) is 52.2 cm³/mol. The Morgan fingerprint density at radius 1 is 1.42 bits per heavy atom. The van der Waals surface area contributed by atoms with Gasteiger partial charge in [-0.25, -0.2) is 0 Å². The van der Waals surface area contributed by atoms with E-state index < -0.39 is 5.54 Å². The van der Waals surface area contributed by atoms with E-state index in [1.807, 2.05) is 13.8 Å². The molecule has 0 spiro atoms. The molecule has 0 aliphatic carbocycles. The van der Waals surface area contributed by atoms with Crippen molar-refractivity contribution < 1.29 is 4.79 Å². The van der Waals surface area contributed by atoms with Gasteiger partial charge in [0.05, 0.1) is 5.54 Å². The molecule has 0 radical (unpaired) electrons. The van der Waals surface area contributed by atoms with Crippen LogP contribution in [0.2, 0.25) is 0 Å². The molecule has 0 rings (SSSR count). The van der Waals surface area contributed by atoms with Crippen LogP contribution in [0.1, 0.15) is 27.7 Å². The number of hydrogen-bond donors (Lipinski definition) is 0. The molecule has 0 aromatic heterocycles. The molecule has 2 heteroatoms. The van der Waals surface area contributed by atoms with Crippen LogP contribution in [0, 0.1) is 0 Å². The van der Waals surface area contributed by atoms with Gasteiger partial charge in [-0.3, -0.25) is 9.69 Å². The minimum atomic E-state index is -0.398. The van der Waals surface area contributed by atoms with Crippen LogP contribution < -0.4 is 0 Å². The molecular formula is C10H19NO. The Kier molecular flexibility index (Phi) is 4.18. The Hall–Kier alpha value is -0.630. The fourth-order valence-electron chi connectivity index (χ4n) is 1.42. The molecule has 0 aromatic rings. The maximum absolute atomic E-state index is 11.4. The number of ketones is 1. The smallest absolute Gasteiger partial charge is 0.174 e. The van der Waals surface area contributed by atoms with Crippen molar-refractivity contribution in [2.24, 2.45) is 0 Å². The molecule has 0 N–H and O–H groups in total. The molecule has 0 bridgehead atoms. The van der Waals surface area contributed by atoms with E-state index in [0.29, 0.717) is 0 Å². The van der Waals surface area contributed by atoms with Crippen LogP contribution in [0.3, 0.4) is 0 Å². The van der Waals surface area contributed by atoms with Gasteiger partial charge in [-0.1, -0.05) is 20.4 Å². The molecule has 0 aromatic carbocycles. The average molecular weight is 169 g/mol. The number of hydrogen-bond acceptors (Lipinski definition) is 2. The molecular weight excluding hydrogens is 150 g/mol. The van der Waals surface area contributed by atoms with Crippen molar-refractivity contribution in [1.29, 1.82) is 0 Å². The van der Waals surface area contributed by atoms with Crippen molar-refractivity contribution in [3.05, 3.63) is 12.7 Å². The minimum absolute atomic E-state index is 0.0891. The largest absolute Gasteiger partial charge is 0.293 e. The number of rotatable bonds is 5. The Balaban J connectivity index is 4.55. The van der Waals surface area contributed by atoms with Crippen molar-refractivity contribution in [3.63, 3.8) is 0 Å². The first-order valence-corrected chi connectivity index (χ1v) is 4.42. The van der Waals surface area contributed by atoms with Gasteiger partial charge in [0.25, 0.3) is 0 Å². The highest BCUT2D eigenvalue weighted by molar-refractivity contribution is 5.96. The highest BCUT2D eigenvalue weighted by Crippen LogP contribution is 2.15. The van der Waals surface area contributed by atoms with Crippen LogP contribution >= 0.6 is 0 Å². The summed E-state index contributed by atoms with van der Waals surface area (Å²) >= 11 is 0. The summed E-state index contributed by atoms with van der Waals surface area (Å²) in [7, 11) is 0. The van der Waals surface area contributed by atoms with E-state index in [9.17, 15) is 4.79 Å². The summed E-state index contributed by atoms with van der Waals surface area (Å²) in [4.78, 5) is 13.6. The van der Waals surface area contributed by atoms with Gasteiger partial charge >= 0.3 is 0 Å². The van der Waals surface area contributed by atoms with Crippen molar-refractivity contribution in [3.8, 4) is 0 Å². The quantitative estimate of drug-likeness (QED) is 0.585. The van der Waals surface area contributed by atoms with Gasteiger partial charge < -0.3 is 0 Å². The number of carbonyl (C=O) groups is 1. The maximum atomic E-state index is 11.4. The van der Waals surface area contributed by atoms with Gasteiger partial charge in [0.15, 0.2) is 5.78 Å². The fourth-order valence-corrected chi connectivity index (χ4v) is 1.42. The summed E-state index contributed by atoms with van der Waals surface area (Å²) in [5.74, 6) is 0.0891. The van der Waals surface area contributed by atoms with Crippen LogP contribution in [0.5, 0.6) is 0 Å². The molecule has 0 atom stereocenters. The van der Waals surface area contributed by atoms with Crippen LogP contribution in [0.15, 0.2) is 12.7 Å². The highest BCUT2D eigenvalue weighted by Gasteiger charge is 2.30. The standard InChI is InChI=1S/C10H19NO/c1-6-9(12)10(4,5)11(7-2)8-3/h6H,1,7-8H2,2-5H3. The molecule has 0 heterocycles. The second-order valence-corrected chi connectivity index (χ2v) is 3.30. The van der Waals surface area contributed by atoms with Crippen molar-refractivity contribution >= 4 is 5.78 Å². The zero-order chi connectivity index (χ0) is 9.78. The van der Waals surface area contributed by atoms with Crippen LogP contribution in [-0.2, 0) is 4.79 Å². The molecule has 70 valence electrons. The Morgan fingerprint density at radius 2 is 1.83 bits per heavy atom. The zero-order valence-corrected chi connectivity index (χ0v) is 8.55. The van der Waals surface area contributed by atoms with Gasteiger partial charge in [-0.15, -0.1) is 0 Å². The summed E-state index contributed by atoms with van der Waals surface area (Å²) in [6.45, 7) is 13.3. The summed E-state index contributed by atoms with van der Waals surface area (Å²) in [5.41, 5.74) is -0.398. The number of carbonyl (C=O) groups excluding carboxylic acids is 1. The Morgan fingerprint density at radius 3 is 2.08 bits per heavy atom. The third-order valence-electron chi connectivity index (χ3n) is 2.34. The van der Waals surface area contributed by atoms with Crippen LogP contribution in [0.25, 0.3) is 0 Å². The highest BCUT2D eigenvalue weighted by atomic mass is 16.1.